The highest BCUT2D eigenvalue weighted by atomic mass is 32.2. The zero-order valence-electron chi connectivity index (χ0n) is 11.2. The number of hydrogen-bond donors (Lipinski definition) is 2. The van der Waals surface area contributed by atoms with Gasteiger partial charge in [0.05, 0.1) is 4.90 Å². The Kier molecular flexibility index (Phi) is 4.66. The van der Waals surface area contributed by atoms with Gasteiger partial charge in [-0.1, -0.05) is 24.3 Å². The van der Waals surface area contributed by atoms with Crippen LogP contribution in [-0.4, -0.2) is 19.3 Å². The second kappa shape index (κ2) is 6.47. The van der Waals surface area contributed by atoms with Crippen molar-refractivity contribution in [1.82, 2.24) is 4.98 Å². The molecular weight excluding hydrogens is 290 g/mol. The number of amides is 1. The Hall–Kier alpha value is -2.25. The van der Waals surface area contributed by atoms with E-state index >= 15 is 0 Å². The molecular formula is C14H15N3O3S. The molecule has 0 saturated carbocycles. The van der Waals surface area contributed by atoms with Crippen LogP contribution in [-0.2, 0) is 21.2 Å². The molecule has 2 aromatic rings. The van der Waals surface area contributed by atoms with Crippen LogP contribution in [0, 0.1) is 0 Å². The summed E-state index contributed by atoms with van der Waals surface area (Å²) in [6.07, 6.45) is 2.00. The molecule has 21 heavy (non-hydrogen) atoms. The van der Waals surface area contributed by atoms with Crippen LogP contribution in [0.5, 0.6) is 0 Å². The van der Waals surface area contributed by atoms with Crippen molar-refractivity contribution in [2.75, 3.05) is 5.32 Å². The van der Waals surface area contributed by atoms with Gasteiger partial charge in [-0.2, -0.15) is 0 Å². The quantitative estimate of drug-likeness (QED) is 0.869. The third kappa shape index (κ3) is 4.37. The Morgan fingerprint density at radius 1 is 1.14 bits per heavy atom. The second-order valence-electron chi connectivity index (χ2n) is 4.42. The molecule has 0 aliphatic carbocycles. The fourth-order valence-corrected chi connectivity index (χ4v) is 2.68. The summed E-state index contributed by atoms with van der Waals surface area (Å²) in [7, 11) is -3.78. The van der Waals surface area contributed by atoms with Gasteiger partial charge in [0.1, 0.15) is 5.82 Å². The number of aryl methyl sites for hydroxylation is 1. The minimum Gasteiger partial charge on any atom is -0.311 e. The number of anilines is 1. The van der Waals surface area contributed by atoms with E-state index in [0.717, 1.165) is 0 Å². The minimum absolute atomic E-state index is 0.0515. The van der Waals surface area contributed by atoms with Crippen molar-refractivity contribution in [2.45, 2.75) is 17.7 Å². The molecule has 1 amide bonds. The molecule has 0 saturated heterocycles. The average Bonchev–Trinajstić information content (AvgIpc) is 2.45. The normalized spacial score (nSPS) is 11.1. The Balaban J connectivity index is 2.02. The number of rotatable bonds is 5. The van der Waals surface area contributed by atoms with Crippen LogP contribution in [0.4, 0.5) is 5.82 Å². The van der Waals surface area contributed by atoms with Crippen molar-refractivity contribution in [2.24, 2.45) is 5.14 Å². The van der Waals surface area contributed by atoms with Crippen LogP contribution >= 0.6 is 0 Å². The molecule has 0 unspecified atom stereocenters. The maximum atomic E-state index is 11.8. The Labute approximate surface area is 123 Å². The maximum Gasteiger partial charge on any atom is 0.238 e. The van der Waals surface area contributed by atoms with Crippen LogP contribution in [0.15, 0.2) is 53.6 Å². The highest BCUT2D eigenvalue weighted by Crippen LogP contribution is 2.15. The third-order valence-electron chi connectivity index (χ3n) is 2.83. The topological polar surface area (TPSA) is 102 Å². The lowest BCUT2D eigenvalue weighted by atomic mass is 10.1. The first kappa shape index (κ1) is 15.1. The summed E-state index contributed by atoms with van der Waals surface area (Å²) in [5.74, 6) is 0.222. The van der Waals surface area contributed by atoms with Crippen LogP contribution < -0.4 is 10.5 Å². The van der Waals surface area contributed by atoms with Crippen molar-refractivity contribution in [3.05, 3.63) is 54.2 Å². The highest BCUT2D eigenvalue weighted by molar-refractivity contribution is 7.89. The molecule has 2 rings (SSSR count). The highest BCUT2D eigenvalue weighted by Gasteiger charge is 2.14. The molecule has 0 aliphatic rings. The van der Waals surface area contributed by atoms with Gasteiger partial charge < -0.3 is 5.32 Å². The summed E-state index contributed by atoms with van der Waals surface area (Å²) in [5, 5.41) is 7.79. The van der Waals surface area contributed by atoms with E-state index in [0.29, 0.717) is 11.4 Å². The van der Waals surface area contributed by atoms with Gasteiger partial charge in [-0.25, -0.2) is 18.5 Å². The molecule has 0 bridgehead atoms. The van der Waals surface area contributed by atoms with Crippen molar-refractivity contribution >= 4 is 21.7 Å². The SMILES string of the molecule is NS(=O)(=O)c1ccccc1CCC(=O)Nc1ccccn1. The van der Waals surface area contributed by atoms with Gasteiger partial charge in [-0.05, 0) is 30.2 Å². The molecule has 3 N–H and O–H groups in total. The molecule has 7 heteroatoms. The summed E-state index contributed by atoms with van der Waals surface area (Å²) in [5.41, 5.74) is 0.524. The number of nitrogens with zero attached hydrogens (tertiary/aromatic N) is 1. The zero-order chi connectivity index (χ0) is 15.3. The van der Waals surface area contributed by atoms with Gasteiger partial charge in [-0.15, -0.1) is 0 Å². The Morgan fingerprint density at radius 2 is 1.86 bits per heavy atom. The predicted molar refractivity (Wildman–Crippen MR) is 79.0 cm³/mol. The minimum atomic E-state index is -3.78. The monoisotopic (exact) mass is 305 g/mol. The van der Waals surface area contributed by atoms with Gasteiger partial charge in [0.2, 0.25) is 15.9 Å². The summed E-state index contributed by atoms with van der Waals surface area (Å²) in [4.78, 5) is 15.8. The number of hydrogen-bond acceptors (Lipinski definition) is 4. The number of sulfonamides is 1. The lowest BCUT2D eigenvalue weighted by molar-refractivity contribution is -0.116. The largest absolute Gasteiger partial charge is 0.311 e. The Bertz CT molecular complexity index is 730. The second-order valence-corrected chi connectivity index (χ2v) is 5.95. The van der Waals surface area contributed by atoms with Crippen LogP contribution in [0.1, 0.15) is 12.0 Å². The number of carbonyl (C=O) groups is 1. The first-order valence-electron chi connectivity index (χ1n) is 6.28. The Morgan fingerprint density at radius 3 is 2.52 bits per heavy atom. The van der Waals surface area contributed by atoms with E-state index in [-0.39, 0.29) is 23.6 Å². The van der Waals surface area contributed by atoms with Crippen molar-refractivity contribution in [3.8, 4) is 0 Å². The number of nitrogens with one attached hydrogen (secondary N) is 1. The van der Waals surface area contributed by atoms with Crippen molar-refractivity contribution in [1.29, 1.82) is 0 Å². The zero-order valence-corrected chi connectivity index (χ0v) is 12.0. The standard InChI is InChI=1S/C14H15N3O3S/c15-21(19,20)12-6-2-1-5-11(12)8-9-14(18)17-13-7-3-4-10-16-13/h1-7,10H,8-9H2,(H2,15,19,20)(H,16,17,18). The molecule has 0 fully saturated rings. The fourth-order valence-electron chi connectivity index (χ4n) is 1.88. The number of pyridine rings is 1. The summed E-state index contributed by atoms with van der Waals surface area (Å²) < 4.78 is 22.9. The molecule has 0 spiro atoms. The summed E-state index contributed by atoms with van der Waals surface area (Å²) in [6.45, 7) is 0. The number of carbonyl (C=O) groups excluding carboxylic acids is 1. The van der Waals surface area contributed by atoms with Gasteiger partial charge in [0.25, 0.3) is 0 Å². The average molecular weight is 305 g/mol. The van der Waals surface area contributed by atoms with E-state index in [1.165, 1.54) is 6.07 Å². The van der Waals surface area contributed by atoms with E-state index in [4.69, 9.17) is 5.14 Å². The van der Waals surface area contributed by atoms with Crippen LogP contribution in [0.2, 0.25) is 0 Å². The van der Waals surface area contributed by atoms with Crippen LogP contribution in [0.25, 0.3) is 0 Å². The van der Waals surface area contributed by atoms with Crippen LogP contribution in [0.3, 0.4) is 0 Å². The molecule has 1 aromatic carbocycles. The molecule has 6 nitrogen and oxygen atoms in total. The smallest absolute Gasteiger partial charge is 0.238 e. The number of primary sulfonamides is 1. The molecule has 110 valence electrons. The lowest BCUT2D eigenvalue weighted by Crippen LogP contribution is -2.17. The first-order valence-corrected chi connectivity index (χ1v) is 7.83. The van der Waals surface area contributed by atoms with E-state index in [9.17, 15) is 13.2 Å². The predicted octanol–water partition coefficient (Wildman–Crippen LogP) is 1.30. The molecule has 0 radical (unpaired) electrons. The number of benzene rings is 1. The first-order chi connectivity index (χ1) is 9.97. The maximum absolute atomic E-state index is 11.8. The van der Waals surface area contributed by atoms with E-state index in [1.807, 2.05) is 0 Å². The van der Waals surface area contributed by atoms with Gasteiger partial charge >= 0.3 is 0 Å². The van der Waals surface area contributed by atoms with E-state index in [2.05, 4.69) is 10.3 Å². The number of aromatic nitrogens is 1. The molecule has 0 aliphatic heterocycles. The third-order valence-corrected chi connectivity index (χ3v) is 3.84. The van der Waals surface area contributed by atoms with Gasteiger partial charge in [0, 0.05) is 12.6 Å². The van der Waals surface area contributed by atoms with Crippen molar-refractivity contribution in [3.63, 3.8) is 0 Å². The van der Waals surface area contributed by atoms with Crippen molar-refractivity contribution < 1.29 is 13.2 Å². The van der Waals surface area contributed by atoms with Gasteiger partial charge in [-0.3, -0.25) is 4.79 Å². The lowest BCUT2D eigenvalue weighted by Gasteiger charge is -2.07. The molecule has 1 aromatic heterocycles. The fraction of sp³-hybridized carbons (Fsp3) is 0.143. The molecule has 0 atom stereocenters. The number of nitrogens with two attached hydrogens (primary N) is 1. The van der Waals surface area contributed by atoms with E-state index < -0.39 is 10.0 Å². The molecule has 1 heterocycles. The summed E-state index contributed by atoms with van der Waals surface area (Å²) in [6, 6.07) is 11.6. The van der Waals surface area contributed by atoms with E-state index in [1.54, 1.807) is 42.6 Å². The van der Waals surface area contributed by atoms with Gasteiger partial charge in [0.15, 0.2) is 0 Å². The summed E-state index contributed by atoms with van der Waals surface area (Å²) >= 11 is 0.